The predicted octanol–water partition coefficient (Wildman–Crippen LogP) is 1.15. The molecule has 1 atom stereocenters. The van der Waals surface area contributed by atoms with Crippen LogP contribution in [0.15, 0.2) is 29.7 Å². The van der Waals surface area contributed by atoms with Crippen molar-refractivity contribution in [3.8, 4) is 0 Å². The smallest absolute Gasteiger partial charge is 0.330 e. The minimum Gasteiger partial charge on any atom is -0.466 e. The van der Waals surface area contributed by atoms with E-state index in [2.05, 4.69) is 17.0 Å². The summed E-state index contributed by atoms with van der Waals surface area (Å²) in [7, 11) is 2.71. The van der Waals surface area contributed by atoms with Crippen molar-refractivity contribution in [2.75, 3.05) is 21.0 Å². The van der Waals surface area contributed by atoms with E-state index >= 15 is 0 Å². The normalized spacial score (nSPS) is 14.5. The summed E-state index contributed by atoms with van der Waals surface area (Å²) in [6, 6.07) is 0. The number of methoxy groups -OCH3 is 2. The van der Waals surface area contributed by atoms with Crippen LogP contribution >= 0.6 is 0 Å². The molecule has 5 heteroatoms. The van der Waals surface area contributed by atoms with Crippen molar-refractivity contribution < 1.29 is 24.1 Å². The number of hydrogen-bond donors (Lipinski definition) is 1. The monoisotopic (exact) mass is 242 g/mol. The van der Waals surface area contributed by atoms with Gasteiger partial charge in [0.2, 0.25) is 0 Å². The van der Waals surface area contributed by atoms with E-state index < -0.39 is 11.6 Å². The van der Waals surface area contributed by atoms with Crippen molar-refractivity contribution in [1.29, 1.82) is 0 Å². The quantitative estimate of drug-likeness (QED) is 0.249. The average Bonchev–Trinajstić information content (AvgIpc) is 2.29. The number of aliphatic hydroxyl groups is 1. The van der Waals surface area contributed by atoms with Gasteiger partial charge in [0.1, 0.15) is 5.60 Å². The molecule has 0 aliphatic carbocycles. The minimum absolute atomic E-state index is 0.0422. The third kappa shape index (κ3) is 4.44. The standard InChI is InChI=1S/C12H18O5/c1-6-10(17-8-15-4)12(3,14)9(2)7-11(13)16-5/h7,14H,1,8H2,2-5H3/b9-7+. The van der Waals surface area contributed by atoms with Crippen LogP contribution < -0.4 is 0 Å². The van der Waals surface area contributed by atoms with E-state index in [1.807, 2.05) is 0 Å². The van der Waals surface area contributed by atoms with Crippen molar-refractivity contribution in [3.63, 3.8) is 0 Å². The molecule has 0 spiro atoms. The molecule has 0 aliphatic heterocycles. The van der Waals surface area contributed by atoms with Crippen LogP contribution in [0.2, 0.25) is 0 Å². The molecule has 0 rings (SSSR count). The topological polar surface area (TPSA) is 65.0 Å². The maximum absolute atomic E-state index is 11.1. The Morgan fingerprint density at radius 1 is 1.53 bits per heavy atom. The first-order valence-corrected chi connectivity index (χ1v) is 4.91. The second-order valence-corrected chi connectivity index (χ2v) is 3.48. The lowest BCUT2D eigenvalue weighted by atomic mass is 9.95. The molecule has 0 saturated carbocycles. The van der Waals surface area contributed by atoms with Gasteiger partial charge in [0.25, 0.3) is 0 Å². The van der Waals surface area contributed by atoms with Crippen molar-refractivity contribution in [1.82, 2.24) is 0 Å². The molecule has 0 aromatic carbocycles. The molecule has 0 aromatic heterocycles. The molecule has 0 radical (unpaired) electrons. The Balaban J connectivity index is 5.03. The Hall–Kier alpha value is -1.55. The highest BCUT2D eigenvalue weighted by atomic mass is 16.7. The van der Waals surface area contributed by atoms with E-state index in [9.17, 15) is 9.90 Å². The van der Waals surface area contributed by atoms with Gasteiger partial charge >= 0.3 is 5.97 Å². The molecule has 0 bridgehead atoms. The Morgan fingerprint density at radius 2 is 2.12 bits per heavy atom. The van der Waals surface area contributed by atoms with Crippen molar-refractivity contribution in [2.24, 2.45) is 0 Å². The summed E-state index contributed by atoms with van der Waals surface area (Å²) < 4.78 is 14.3. The van der Waals surface area contributed by atoms with E-state index in [0.717, 1.165) is 0 Å². The fraction of sp³-hybridized carbons (Fsp3) is 0.500. The van der Waals surface area contributed by atoms with Gasteiger partial charge in [-0.05, 0) is 19.4 Å². The van der Waals surface area contributed by atoms with Crippen LogP contribution in [0.3, 0.4) is 0 Å². The highest BCUT2D eigenvalue weighted by molar-refractivity contribution is 5.83. The largest absolute Gasteiger partial charge is 0.466 e. The number of esters is 1. The van der Waals surface area contributed by atoms with Gasteiger partial charge in [-0.1, -0.05) is 12.3 Å². The van der Waals surface area contributed by atoms with Gasteiger partial charge in [0, 0.05) is 13.2 Å². The lowest BCUT2D eigenvalue weighted by molar-refractivity contribution is -0.135. The number of carbonyl (C=O) groups excluding carboxylic acids is 1. The molecule has 0 aliphatic rings. The molecule has 1 N–H and O–H groups in total. The number of hydrogen-bond acceptors (Lipinski definition) is 5. The van der Waals surface area contributed by atoms with Crippen LogP contribution in [0.25, 0.3) is 0 Å². The zero-order chi connectivity index (χ0) is 13.5. The summed E-state index contributed by atoms with van der Waals surface area (Å²) in [4.78, 5) is 11.1. The molecule has 0 amide bonds. The summed E-state index contributed by atoms with van der Waals surface area (Å²) in [5.74, 6) is -0.477. The molecule has 96 valence electrons. The van der Waals surface area contributed by atoms with Crippen LogP contribution in [-0.4, -0.2) is 37.7 Å². The van der Waals surface area contributed by atoms with Crippen molar-refractivity contribution >= 4 is 5.97 Å². The summed E-state index contributed by atoms with van der Waals surface area (Å²) in [5, 5.41) is 10.2. The predicted molar refractivity (Wildman–Crippen MR) is 62.0 cm³/mol. The molecule has 17 heavy (non-hydrogen) atoms. The zero-order valence-corrected chi connectivity index (χ0v) is 10.6. The number of ether oxygens (including phenoxy) is 3. The first kappa shape index (κ1) is 15.4. The van der Waals surface area contributed by atoms with Crippen LogP contribution in [-0.2, 0) is 19.0 Å². The van der Waals surface area contributed by atoms with E-state index in [0.29, 0.717) is 5.57 Å². The van der Waals surface area contributed by atoms with Gasteiger partial charge < -0.3 is 19.3 Å². The molecular formula is C12H18O5. The summed E-state index contributed by atoms with van der Waals surface area (Å²) in [5.41, 5.74) is 1.33. The van der Waals surface area contributed by atoms with Crippen molar-refractivity contribution in [2.45, 2.75) is 19.4 Å². The lowest BCUT2D eigenvalue weighted by Crippen LogP contribution is -2.30. The highest BCUT2D eigenvalue weighted by Gasteiger charge is 2.30. The van der Waals surface area contributed by atoms with E-state index in [1.165, 1.54) is 27.2 Å². The molecule has 0 heterocycles. The fourth-order valence-electron chi connectivity index (χ4n) is 1.04. The Bertz CT molecular complexity index is 348. The van der Waals surface area contributed by atoms with Gasteiger partial charge in [-0.3, -0.25) is 0 Å². The summed E-state index contributed by atoms with van der Waals surface area (Å²) >= 11 is 0. The third-order valence-corrected chi connectivity index (χ3v) is 2.23. The number of carbonyl (C=O) groups is 1. The third-order valence-electron chi connectivity index (χ3n) is 2.23. The van der Waals surface area contributed by atoms with Crippen LogP contribution in [0.4, 0.5) is 0 Å². The van der Waals surface area contributed by atoms with Gasteiger partial charge in [-0.15, -0.1) is 0 Å². The van der Waals surface area contributed by atoms with Crippen LogP contribution in [0.1, 0.15) is 13.8 Å². The molecule has 5 nitrogen and oxygen atoms in total. The maximum atomic E-state index is 11.1. The average molecular weight is 242 g/mol. The van der Waals surface area contributed by atoms with Gasteiger partial charge in [0.15, 0.2) is 12.6 Å². The first-order chi connectivity index (χ1) is 7.89. The summed E-state index contributed by atoms with van der Waals surface area (Å²) in [6.45, 7) is 6.41. The first-order valence-electron chi connectivity index (χ1n) is 4.91. The summed E-state index contributed by atoms with van der Waals surface area (Å²) in [6.07, 6.45) is 1.17. The zero-order valence-electron chi connectivity index (χ0n) is 10.6. The second kappa shape index (κ2) is 6.91. The molecular weight excluding hydrogens is 224 g/mol. The number of rotatable bonds is 6. The Labute approximate surface area is 101 Å². The van der Waals surface area contributed by atoms with E-state index in [1.54, 1.807) is 6.92 Å². The molecule has 1 unspecified atom stereocenters. The van der Waals surface area contributed by atoms with Crippen LogP contribution in [0, 0.1) is 0 Å². The van der Waals surface area contributed by atoms with Crippen LogP contribution in [0.5, 0.6) is 0 Å². The lowest BCUT2D eigenvalue weighted by Gasteiger charge is -2.25. The Kier molecular flexibility index (Phi) is 6.28. The van der Waals surface area contributed by atoms with Gasteiger partial charge in [0.05, 0.1) is 7.11 Å². The minimum atomic E-state index is -1.49. The second-order valence-electron chi connectivity index (χ2n) is 3.48. The molecule has 0 saturated heterocycles. The fourth-order valence-corrected chi connectivity index (χ4v) is 1.04. The Morgan fingerprint density at radius 3 is 2.53 bits per heavy atom. The van der Waals surface area contributed by atoms with E-state index in [-0.39, 0.29) is 12.6 Å². The highest BCUT2D eigenvalue weighted by Crippen LogP contribution is 2.25. The molecule has 0 aromatic rings. The SMILES string of the molecule is C=C=C(OCOC)C(C)(O)/C(C)=C/C(=O)OC. The van der Waals surface area contributed by atoms with Gasteiger partial charge in [-0.25, -0.2) is 4.79 Å². The maximum Gasteiger partial charge on any atom is 0.330 e. The van der Waals surface area contributed by atoms with E-state index in [4.69, 9.17) is 9.47 Å². The van der Waals surface area contributed by atoms with Gasteiger partial charge in [-0.2, -0.15) is 0 Å². The van der Waals surface area contributed by atoms with Crippen molar-refractivity contribution in [3.05, 3.63) is 29.7 Å². The molecule has 0 fully saturated rings.